The number of rotatable bonds is 20. The van der Waals surface area contributed by atoms with Crippen LogP contribution < -0.4 is 18.1 Å². The fourth-order valence-corrected chi connectivity index (χ4v) is 4.61. The van der Waals surface area contributed by atoms with E-state index in [0.717, 1.165) is 5.92 Å². The third-order valence-electron chi connectivity index (χ3n) is 6.77. The molecule has 1 rings (SSSR count). The van der Waals surface area contributed by atoms with Crippen LogP contribution in [0.3, 0.4) is 0 Å². The first-order valence-electron chi connectivity index (χ1n) is 13.1. The quantitative estimate of drug-likeness (QED) is 0.274. The molecule has 0 heterocycles. The van der Waals surface area contributed by atoms with Crippen LogP contribution in [0.15, 0.2) is 30.3 Å². The smallest absolute Gasteiger partial charge is 0.0875 e. The van der Waals surface area contributed by atoms with Gasteiger partial charge in [-0.3, -0.25) is 0 Å². The standard InChI is InChI=1S/C28H51N.ClH/c1-3-5-6-7-8-9-10-11-12-13-14-15-16-20-23-27(4-2)28(29)25-24-26-21-18-17-19-22-26;/h17-19,21-22,27-28H,3-16,20,23-25,29H2,1-2H3;1H. The second-order valence-corrected chi connectivity index (χ2v) is 9.34. The summed E-state index contributed by atoms with van der Waals surface area (Å²) in [6.45, 7) is 4.66. The third kappa shape index (κ3) is 16.2. The highest BCUT2D eigenvalue weighted by Crippen LogP contribution is 2.20. The minimum Gasteiger partial charge on any atom is -1.00 e. The molecule has 3 N–H and O–H groups in total. The van der Waals surface area contributed by atoms with Gasteiger partial charge in [0.25, 0.3) is 0 Å². The van der Waals surface area contributed by atoms with Crippen molar-refractivity contribution < 1.29 is 18.1 Å². The first-order valence-corrected chi connectivity index (χ1v) is 13.1. The van der Waals surface area contributed by atoms with Crippen molar-refractivity contribution in [1.82, 2.24) is 0 Å². The fraction of sp³-hybridized carbons (Fsp3) is 0.786. The molecular weight excluding hydrogens is 386 g/mol. The van der Waals surface area contributed by atoms with Crippen molar-refractivity contribution in [3.05, 3.63) is 35.9 Å². The highest BCUT2D eigenvalue weighted by Gasteiger charge is 2.18. The molecule has 0 aliphatic carbocycles. The van der Waals surface area contributed by atoms with Crippen molar-refractivity contribution >= 4 is 0 Å². The van der Waals surface area contributed by atoms with Gasteiger partial charge in [0, 0.05) is 12.3 Å². The molecule has 2 unspecified atom stereocenters. The van der Waals surface area contributed by atoms with Gasteiger partial charge >= 0.3 is 0 Å². The molecule has 176 valence electrons. The molecule has 2 atom stereocenters. The Balaban J connectivity index is 0.00000841. The van der Waals surface area contributed by atoms with Crippen molar-refractivity contribution in [1.29, 1.82) is 0 Å². The molecule has 0 saturated carbocycles. The largest absolute Gasteiger partial charge is 1.00 e. The summed E-state index contributed by atoms with van der Waals surface area (Å²) in [5, 5.41) is 0. The average molecular weight is 438 g/mol. The summed E-state index contributed by atoms with van der Waals surface area (Å²) in [5.41, 5.74) is 5.97. The lowest BCUT2D eigenvalue weighted by atomic mass is 9.88. The lowest BCUT2D eigenvalue weighted by Gasteiger charge is -2.20. The number of hydrogen-bond donors (Lipinski definition) is 1. The Morgan fingerprint density at radius 3 is 1.57 bits per heavy atom. The van der Waals surface area contributed by atoms with Gasteiger partial charge in [-0.05, 0) is 24.8 Å². The molecule has 1 aromatic rings. The molecule has 0 spiro atoms. The van der Waals surface area contributed by atoms with E-state index in [1.165, 1.54) is 121 Å². The van der Waals surface area contributed by atoms with E-state index in [1.54, 1.807) is 0 Å². The molecule has 1 aromatic carbocycles. The van der Waals surface area contributed by atoms with Crippen LogP contribution in [0.5, 0.6) is 0 Å². The number of aryl methyl sites for hydroxylation is 1. The van der Waals surface area contributed by atoms with Crippen LogP contribution in [0.25, 0.3) is 0 Å². The van der Waals surface area contributed by atoms with Crippen LogP contribution in [0.1, 0.15) is 129 Å². The monoisotopic (exact) mass is 437 g/mol. The highest BCUT2D eigenvalue weighted by atomic mass is 35.5. The van der Waals surface area contributed by atoms with Crippen molar-refractivity contribution in [2.45, 2.75) is 135 Å². The Morgan fingerprint density at radius 1 is 0.633 bits per heavy atom. The molecule has 0 radical (unpaired) electrons. The topological polar surface area (TPSA) is 27.6 Å². The van der Waals surface area contributed by atoms with Crippen LogP contribution in [0, 0.1) is 5.92 Å². The van der Waals surface area contributed by atoms with Gasteiger partial charge in [0.1, 0.15) is 0 Å². The lowest BCUT2D eigenvalue weighted by molar-refractivity contribution is -0.435. The van der Waals surface area contributed by atoms with E-state index in [-0.39, 0.29) is 12.4 Å². The van der Waals surface area contributed by atoms with Crippen molar-refractivity contribution in [3.63, 3.8) is 0 Å². The first kappa shape index (κ1) is 29.5. The highest BCUT2D eigenvalue weighted by molar-refractivity contribution is 5.14. The van der Waals surface area contributed by atoms with Crippen molar-refractivity contribution in [2.75, 3.05) is 0 Å². The molecule has 2 heteroatoms. The Hall–Kier alpha value is -0.530. The number of benzene rings is 1. The van der Waals surface area contributed by atoms with Gasteiger partial charge in [0.2, 0.25) is 0 Å². The third-order valence-corrected chi connectivity index (χ3v) is 6.77. The Bertz CT molecular complexity index is 447. The molecular formula is C28H52ClN. The number of quaternary nitrogens is 1. The predicted molar refractivity (Wildman–Crippen MR) is 130 cm³/mol. The van der Waals surface area contributed by atoms with Gasteiger partial charge < -0.3 is 18.1 Å². The Kier molecular flexibility index (Phi) is 21.3. The average Bonchev–Trinajstić information content (AvgIpc) is 2.75. The second-order valence-electron chi connectivity index (χ2n) is 9.34. The van der Waals surface area contributed by atoms with Gasteiger partial charge in [-0.25, -0.2) is 0 Å². The number of hydrogen-bond acceptors (Lipinski definition) is 0. The molecule has 0 aliphatic heterocycles. The summed E-state index contributed by atoms with van der Waals surface area (Å²) in [6, 6.07) is 11.5. The summed E-state index contributed by atoms with van der Waals surface area (Å²) < 4.78 is 0. The molecule has 0 aromatic heterocycles. The van der Waals surface area contributed by atoms with Gasteiger partial charge in [0.05, 0.1) is 6.04 Å². The summed E-state index contributed by atoms with van der Waals surface area (Å²) >= 11 is 0. The van der Waals surface area contributed by atoms with Crippen LogP contribution in [0.2, 0.25) is 0 Å². The zero-order valence-electron chi connectivity index (χ0n) is 20.4. The van der Waals surface area contributed by atoms with Crippen molar-refractivity contribution in [2.24, 2.45) is 5.92 Å². The van der Waals surface area contributed by atoms with Crippen LogP contribution in [0.4, 0.5) is 0 Å². The predicted octanol–water partition coefficient (Wildman–Crippen LogP) is 5.13. The lowest BCUT2D eigenvalue weighted by Crippen LogP contribution is -3.00. The fourth-order valence-electron chi connectivity index (χ4n) is 4.61. The zero-order chi connectivity index (χ0) is 21.0. The Labute approximate surface area is 195 Å². The SMILES string of the molecule is CCCCCCCCCCCCCCCCC(CC)C([NH3+])CCc1ccccc1.[Cl-]. The molecule has 1 nitrogen and oxygen atoms in total. The molecule has 0 bridgehead atoms. The minimum absolute atomic E-state index is 0. The van der Waals surface area contributed by atoms with E-state index in [0.29, 0.717) is 6.04 Å². The van der Waals surface area contributed by atoms with E-state index < -0.39 is 0 Å². The second kappa shape index (κ2) is 21.7. The minimum atomic E-state index is 0. The number of halogens is 1. The molecule has 0 saturated heterocycles. The van der Waals surface area contributed by atoms with Crippen molar-refractivity contribution in [3.8, 4) is 0 Å². The summed E-state index contributed by atoms with van der Waals surface area (Å²) in [7, 11) is 0. The number of unbranched alkanes of at least 4 members (excludes halogenated alkanes) is 13. The summed E-state index contributed by atoms with van der Waals surface area (Å²) in [5.74, 6) is 0.816. The van der Waals surface area contributed by atoms with Gasteiger partial charge in [-0.15, -0.1) is 0 Å². The van der Waals surface area contributed by atoms with E-state index in [2.05, 4.69) is 49.9 Å². The van der Waals surface area contributed by atoms with E-state index in [1.807, 2.05) is 0 Å². The van der Waals surface area contributed by atoms with Gasteiger partial charge in [-0.2, -0.15) is 0 Å². The molecule has 0 aliphatic rings. The first-order chi connectivity index (χ1) is 14.3. The van der Waals surface area contributed by atoms with E-state index in [4.69, 9.17) is 0 Å². The molecule has 0 amide bonds. The zero-order valence-corrected chi connectivity index (χ0v) is 21.1. The maximum Gasteiger partial charge on any atom is 0.0875 e. The Morgan fingerprint density at radius 2 is 1.10 bits per heavy atom. The van der Waals surface area contributed by atoms with E-state index in [9.17, 15) is 0 Å². The van der Waals surface area contributed by atoms with Crippen LogP contribution >= 0.6 is 0 Å². The van der Waals surface area contributed by atoms with Gasteiger partial charge in [-0.1, -0.05) is 134 Å². The molecule has 30 heavy (non-hydrogen) atoms. The maximum absolute atomic E-state index is 4.51. The normalized spacial score (nSPS) is 13.0. The maximum atomic E-state index is 4.51. The summed E-state index contributed by atoms with van der Waals surface area (Å²) in [6.07, 6.45) is 25.4. The molecule has 0 fully saturated rings. The summed E-state index contributed by atoms with van der Waals surface area (Å²) in [4.78, 5) is 0. The van der Waals surface area contributed by atoms with E-state index >= 15 is 0 Å². The van der Waals surface area contributed by atoms with Crippen LogP contribution in [-0.4, -0.2) is 6.04 Å². The van der Waals surface area contributed by atoms with Crippen LogP contribution in [-0.2, 0) is 6.42 Å². The van der Waals surface area contributed by atoms with Gasteiger partial charge in [0.15, 0.2) is 0 Å².